The number of aromatic nitrogens is 2. The molecule has 2 heterocycles. The quantitative estimate of drug-likeness (QED) is 0.696. The number of rotatable bonds is 4. The van der Waals surface area contributed by atoms with Crippen LogP contribution in [0.15, 0.2) is 48.5 Å². The van der Waals surface area contributed by atoms with E-state index in [2.05, 4.69) is 10.3 Å². The van der Waals surface area contributed by atoms with Gasteiger partial charge in [0.15, 0.2) is 0 Å². The molecule has 1 fully saturated rings. The second kappa shape index (κ2) is 6.36. The third-order valence-electron chi connectivity index (χ3n) is 4.86. The minimum Gasteiger partial charge on any atom is -0.319 e. The van der Waals surface area contributed by atoms with Gasteiger partial charge in [0.2, 0.25) is 0 Å². The van der Waals surface area contributed by atoms with Crippen LogP contribution in [-0.4, -0.2) is 26.4 Å². The number of fused-ring (bicyclic) bond motifs is 1. The van der Waals surface area contributed by atoms with Crippen LogP contribution < -0.4 is 5.32 Å². The number of alkyl halides is 2. The first-order valence-corrected chi connectivity index (χ1v) is 8.45. The maximum atomic E-state index is 13.6. The van der Waals surface area contributed by atoms with Gasteiger partial charge in [-0.15, -0.1) is 0 Å². The molecule has 9 heteroatoms. The van der Waals surface area contributed by atoms with Crippen molar-refractivity contribution in [1.82, 2.24) is 19.8 Å². The summed E-state index contributed by atoms with van der Waals surface area (Å²) in [7, 11) is 0. The molecule has 1 aromatic heterocycles. The number of carbonyl (C=O) groups is 2. The van der Waals surface area contributed by atoms with E-state index >= 15 is 0 Å². The minimum atomic E-state index is -2.88. The van der Waals surface area contributed by atoms with Crippen molar-refractivity contribution in [3.05, 3.63) is 65.7 Å². The van der Waals surface area contributed by atoms with E-state index in [1.54, 1.807) is 18.2 Å². The fourth-order valence-corrected chi connectivity index (χ4v) is 3.38. The van der Waals surface area contributed by atoms with E-state index in [0.717, 1.165) is 4.90 Å². The molecule has 1 aliphatic rings. The van der Waals surface area contributed by atoms with Crippen molar-refractivity contribution in [2.75, 3.05) is 0 Å². The highest BCUT2D eigenvalue weighted by molar-refractivity contribution is 6.07. The number of nitrogens with one attached hydrogen (secondary N) is 1. The van der Waals surface area contributed by atoms with Crippen LogP contribution in [0.2, 0.25) is 0 Å². The molecule has 0 saturated carbocycles. The number of nitrogens with zero attached hydrogens (tertiary/aromatic N) is 3. The van der Waals surface area contributed by atoms with Crippen LogP contribution in [0.4, 0.5) is 18.0 Å². The molecule has 0 spiro atoms. The highest BCUT2D eigenvalue weighted by atomic mass is 19.3. The summed E-state index contributed by atoms with van der Waals surface area (Å²) < 4.78 is 41.1. The zero-order chi connectivity index (χ0) is 20.1. The van der Waals surface area contributed by atoms with Crippen LogP contribution in [0, 0.1) is 5.82 Å². The van der Waals surface area contributed by atoms with Gasteiger partial charge in [-0.25, -0.2) is 14.2 Å². The molecule has 3 aromatic rings. The van der Waals surface area contributed by atoms with Crippen LogP contribution in [0.25, 0.3) is 11.0 Å². The molecular formula is C19H15F3N4O2. The molecular weight excluding hydrogens is 373 g/mol. The van der Waals surface area contributed by atoms with E-state index in [1.165, 1.54) is 37.3 Å². The Morgan fingerprint density at radius 3 is 2.46 bits per heavy atom. The number of urea groups is 1. The molecule has 144 valence electrons. The number of amides is 3. The van der Waals surface area contributed by atoms with Crippen molar-refractivity contribution in [2.24, 2.45) is 0 Å². The van der Waals surface area contributed by atoms with Gasteiger partial charge in [-0.2, -0.15) is 8.78 Å². The van der Waals surface area contributed by atoms with Gasteiger partial charge in [-0.05, 0) is 36.8 Å². The van der Waals surface area contributed by atoms with Crippen LogP contribution in [0.1, 0.15) is 24.9 Å². The summed E-state index contributed by atoms with van der Waals surface area (Å²) in [6, 6.07) is 10.7. The van der Waals surface area contributed by atoms with Crippen LogP contribution >= 0.6 is 0 Å². The average molecular weight is 388 g/mol. The van der Waals surface area contributed by atoms with E-state index in [0.29, 0.717) is 15.6 Å². The van der Waals surface area contributed by atoms with Crippen molar-refractivity contribution >= 4 is 23.0 Å². The Kier molecular flexibility index (Phi) is 4.10. The van der Waals surface area contributed by atoms with E-state index in [9.17, 15) is 22.8 Å². The number of hydrogen-bond acceptors (Lipinski definition) is 3. The Labute approximate surface area is 157 Å². The first kappa shape index (κ1) is 18.0. The third kappa shape index (κ3) is 2.70. The molecule has 3 amide bonds. The average Bonchev–Trinajstić information content (AvgIpc) is 3.13. The Morgan fingerprint density at radius 2 is 1.79 bits per heavy atom. The van der Waals surface area contributed by atoms with Crippen molar-refractivity contribution < 1.29 is 22.8 Å². The van der Waals surface area contributed by atoms with E-state index in [1.807, 2.05) is 0 Å². The predicted molar refractivity (Wildman–Crippen MR) is 93.8 cm³/mol. The molecule has 0 radical (unpaired) electrons. The standard InChI is InChI=1S/C19H15F3N4O2/c1-19(11-6-8-12(20)9-7-11)16(27)25(18(28)24-19)10-15-23-13-4-2-3-5-14(13)26(15)17(21)22/h2-9,17H,10H2,1H3,(H,24,28). The lowest BCUT2D eigenvalue weighted by Gasteiger charge is -2.22. The largest absolute Gasteiger partial charge is 0.325 e. The van der Waals surface area contributed by atoms with Crippen LogP contribution in [-0.2, 0) is 16.9 Å². The van der Waals surface area contributed by atoms with Gasteiger partial charge in [0.25, 0.3) is 5.91 Å². The van der Waals surface area contributed by atoms with Gasteiger partial charge in [0.1, 0.15) is 17.2 Å². The summed E-state index contributed by atoms with van der Waals surface area (Å²) in [5.41, 5.74) is -0.490. The molecule has 0 aliphatic carbocycles. The maximum absolute atomic E-state index is 13.6. The number of benzene rings is 2. The molecule has 0 bridgehead atoms. The fourth-order valence-electron chi connectivity index (χ4n) is 3.38. The van der Waals surface area contributed by atoms with E-state index in [4.69, 9.17) is 0 Å². The highest BCUT2D eigenvalue weighted by Gasteiger charge is 2.49. The van der Waals surface area contributed by atoms with Gasteiger partial charge >= 0.3 is 12.6 Å². The fraction of sp³-hybridized carbons (Fsp3) is 0.211. The SMILES string of the molecule is CC1(c2ccc(F)cc2)NC(=O)N(Cc2nc3ccccc3n2C(F)F)C1=O. The minimum absolute atomic E-state index is 0.108. The topological polar surface area (TPSA) is 67.2 Å². The molecule has 1 saturated heterocycles. The normalized spacial score (nSPS) is 19.7. The lowest BCUT2D eigenvalue weighted by molar-refractivity contribution is -0.131. The number of imidazole rings is 1. The maximum Gasteiger partial charge on any atom is 0.325 e. The van der Waals surface area contributed by atoms with Gasteiger partial charge in [0, 0.05) is 0 Å². The third-order valence-corrected chi connectivity index (χ3v) is 4.86. The monoisotopic (exact) mass is 388 g/mol. The Hall–Kier alpha value is -3.36. The number of para-hydroxylation sites is 2. The number of imide groups is 1. The van der Waals surface area contributed by atoms with E-state index < -0.39 is 36.4 Å². The summed E-state index contributed by atoms with van der Waals surface area (Å²) in [5, 5.41) is 2.56. The molecule has 28 heavy (non-hydrogen) atoms. The molecule has 1 atom stereocenters. The lowest BCUT2D eigenvalue weighted by atomic mass is 9.92. The van der Waals surface area contributed by atoms with Crippen molar-refractivity contribution in [1.29, 1.82) is 0 Å². The van der Waals surface area contributed by atoms with Gasteiger partial charge in [0.05, 0.1) is 17.6 Å². The zero-order valence-corrected chi connectivity index (χ0v) is 14.7. The Balaban J connectivity index is 1.70. The summed E-state index contributed by atoms with van der Waals surface area (Å²) in [5.74, 6) is -1.22. The summed E-state index contributed by atoms with van der Waals surface area (Å²) >= 11 is 0. The number of hydrogen-bond donors (Lipinski definition) is 1. The first-order chi connectivity index (χ1) is 13.3. The van der Waals surface area contributed by atoms with Crippen LogP contribution in [0.3, 0.4) is 0 Å². The summed E-state index contributed by atoms with van der Waals surface area (Å²) in [6.45, 7) is -1.82. The van der Waals surface area contributed by atoms with Crippen molar-refractivity contribution in [3.63, 3.8) is 0 Å². The second-order valence-electron chi connectivity index (χ2n) is 6.62. The smallest absolute Gasteiger partial charge is 0.319 e. The van der Waals surface area contributed by atoms with Gasteiger partial charge in [-0.1, -0.05) is 24.3 Å². The first-order valence-electron chi connectivity index (χ1n) is 8.45. The van der Waals surface area contributed by atoms with Crippen molar-refractivity contribution in [2.45, 2.75) is 25.6 Å². The number of carbonyl (C=O) groups excluding carboxylic acids is 2. The Morgan fingerprint density at radius 1 is 1.11 bits per heavy atom. The zero-order valence-electron chi connectivity index (χ0n) is 14.7. The molecule has 1 aliphatic heterocycles. The molecule has 1 N–H and O–H groups in total. The second-order valence-corrected chi connectivity index (χ2v) is 6.62. The molecule has 1 unspecified atom stereocenters. The molecule has 2 aromatic carbocycles. The summed E-state index contributed by atoms with van der Waals surface area (Å²) in [6.07, 6.45) is 0. The lowest BCUT2D eigenvalue weighted by Crippen LogP contribution is -2.40. The van der Waals surface area contributed by atoms with Gasteiger partial charge < -0.3 is 5.32 Å². The highest BCUT2D eigenvalue weighted by Crippen LogP contribution is 2.31. The molecule has 6 nitrogen and oxygen atoms in total. The molecule has 4 rings (SSSR count). The summed E-state index contributed by atoms with van der Waals surface area (Å²) in [4.78, 5) is 30.4. The Bertz CT molecular complexity index is 1080. The van der Waals surface area contributed by atoms with Crippen molar-refractivity contribution in [3.8, 4) is 0 Å². The van der Waals surface area contributed by atoms with Gasteiger partial charge in [-0.3, -0.25) is 14.3 Å². The predicted octanol–water partition coefficient (Wildman–Crippen LogP) is 3.54. The van der Waals surface area contributed by atoms with Crippen LogP contribution in [0.5, 0.6) is 0 Å². The number of halogens is 3. The van der Waals surface area contributed by atoms with E-state index in [-0.39, 0.29) is 11.3 Å².